The van der Waals surface area contributed by atoms with Gasteiger partial charge in [-0.2, -0.15) is 0 Å². The molecule has 2 aromatic carbocycles. The maximum Gasteiger partial charge on any atom is 0.154 e. The fourth-order valence-electron chi connectivity index (χ4n) is 2.49. The van der Waals surface area contributed by atoms with E-state index in [9.17, 15) is 4.79 Å². The van der Waals surface area contributed by atoms with Crippen molar-refractivity contribution in [3.05, 3.63) is 83.6 Å². The molecule has 0 saturated heterocycles. The Bertz CT molecular complexity index is 812. The van der Waals surface area contributed by atoms with Crippen molar-refractivity contribution in [1.82, 2.24) is 5.32 Å². The van der Waals surface area contributed by atoms with E-state index in [1.807, 2.05) is 38.1 Å². The van der Waals surface area contributed by atoms with Gasteiger partial charge in [-0.05, 0) is 69.9 Å². The van der Waals surface area contributed by atoms with Crippen LogP contribution in [0.5, 0.6) is 0 Å². The van der Waals surface area contributed by atoms with Crippen molar-refractivity contribution in [3.8, 4) is 12.8 Å². The molecular weight excluding hydrogens is 392 g/mol. The largest absolute Gasteiger partial charge is 0.399 e. The van der Waals surface area contributed by atoms with Crippen molar-refractivity contribution >= 4 is 17.0 Å². The Kier molecular flexibility index (Phi) is 19.0. The number of hydrogen-bond acceptors (Lipinski definition) is 3. The predicted octanol–water partition coefficient (Wildman–Crippen LogP) is 6.98. The van der Waals surface area contributed by atoms with Crippen molar-refractivity contribution in [2.24, 2.45) is 0 Å². The number of rotatable bonds is 7. The Morgan fingerprint density at radius 1 is 1.00 bits per heavy atom. The van der Waals surface area contributed by atoms with Crippen molar-refractivity contribution < 1.29 is 4.79 Å². The van der Waals surface area contributed by atoms with E-state index in [0.29, 0.717) is 0 Å². The van der Waals surface area contributed by atoms with E-state index < -0.39 is 0 Å². The summed E-state index contributed by atoms with van der Waals surface area (Å²) in [6.45, 7) is 16.6. The Hall–Kier alpha value is -3.25. The number of hydrogen-bond donors (Lipinski definition) is 2. The minimum Gasteiger partial charge on any atom is -0.399 e. The molecule has 3 nitrogen and oxygen atoms in total. The van der Waals surface area contributed by atoms with Gasteiger partial charge >= 0.3 is 0 Å². The highest BCUT2D eigenvalue weighted by Gasteiger charge is 1.99. The Labute approximate surface area is 196 Å². The van der Waals surface area contributed by atoms with Gasteiger partial charge in [0.15, 0.2) is 5.78 Å². The highest BCUT2D eigenvalue weighted by molar-refractivity contribution is 5.87. The van der Waals surface area contributed by atoms with Crippen LogP contribution in [0.1, 0.15) is 64.2 Å². The highest BCUT2D eigenvalue weighted by atomic mass is 16.1. The SMILES string of the molecule is C#C.C=C(C)c1ccc(C)cc1.CCC.CCN/C(=C\C(C)=O)CCc1ccc(N)cc1. The molecule has 174 valence electrons. The standard InChI is InChI=1S/C14H20N2O.C10H12.C3H8.C2H2/c1-3-16-14(10-11(2)17)9-6-12-4-7-13(15)8-5-12;1-8(2)10-6-4-9(3)5-7-10;1-3-2;1-2/h4-5,7-8,10,16H,3,6,9,15H2,1-2H3;4-7H,1H2,2-3H3;3H2,1-2H3;1-2H/b14-10-;;;. The predicted molar refractivity (Wildman–Crippen MR) is 143 cm³/mol. The van der Waals surface area contributed by atoms with Crippen LogP contribution in [-0.2, 0) is 11.2 Å². The van der Waals surface area contributed by atoms with Crippen LogP contribution in [0.3, 0.4) is 0 Å². The molecule has 0 radical (unpaired) electrons. The monoisotopic (exact) mass is 434 g/mol. The van der Waals surface area contributed by atoms with Gasteiger partial charge in [-0.25, -0.2) is 0 Å². The van der Waals surface area contributed by atoms with Crippen LogP contribution in [0.15, 0.2) is 66.9 Å². The zero-order chi connectivity index (χ0) is 24.9. The van der Waals surface area contributed by atoms with Crippen LogP contribution in [0.4, 0.5) is 5.69 Å². The molecule has 2 aromatic rings. The molecule has 0 fully saturated rings. The first-order valence-corrected chi connectivity index (χ1v) is 11.1. The third-order valence-corrected chi connectivity index (χ3v) is 3.99. The molecule has 0 aliphatic heterocycles. The maximum absolute atomic E-state index is 11.1. The number of benzene rings is 2. The van der Waals surface area contributed by atoms with E-state index in [1.54, 1.807) is 13.0 Å². The van der Waals surface area contributed by atoms with Crippen LogP contribution in [-0.4, -0.2) is 12.3 Å². The fraction of sp³-hybridized carbons (Fsp3) is 0.345. The average Bonchev–Trinajstić information content (AvgIpc) is 2.76. The molecule has 0 unspecified atom stereocenters. The van der Waals surface area contributed by atoms with Crippen LogP contribution in [0, 0.1) is 19.8 Å². The number of allylic oxidation sites excluding steroid dienone is 3. The summed E-state index contributed by atoms with van der Waals surface area (Å²) in [4.78, 5) is 11.1. The quantitative estimate of drug-likeness (QED) is 0.281. The number of carbonyl (C=O) groups excluding carboxylic acids is 1. The summed E-state index contributed by atoms with van der Waals surface area (Å²) < 4.78 is 0. The summed E-state index contributed by atoms with van der Waals surface area (Å²) in [5.74, 6) is 0.0817. The van der Waals surface area contributed by atoms with Crippen LogP contribution < -0.4 is 11.1 Å². The minimum atomic E-state index is 0.0817. The van der Waals surface area contributed by atoms with Gasteiger partial charge in [0.25, 0.3) is 0 Å². The van der Waals surface area contributed by atoms with Crippen molar-refractivity contribution in [2.75, 3.05) is 12.3 Å². The Balaban J connectivity index is 0. The van der Waals surface area contributed by atoms with E-state index in [1.165, 1.54) is 23.1 Å². The lowest BCUT2D eigenvalue weighted by atomic mass is 10.1. The Morgan fingerprint density at radius 2 is 1.50 bits per heavy atom. The molecule has 0 bridgehead atoms. The van der Waals surface area contributed by atoms with Gasteiger partial charge < -0.3 is 11.1 Å². The number of terminal acetylenes is 1. The molecule has 3 N–H and O–H groups in total. The second-order valence-electron chi connectivity index (χ2n) is 7.41. The van der Waals surface area contributed by atoms with Crippen LogP contribution in [0.25, 0.3) is 5.57 Å². The van der Waals surface area contributed by atoms with Crippen LogP contribution >= 0.6 is 0 Å². The number of nitrogens with two attached hydrogens (primary N) is 1. The smallest absolute Gasteiger partial charge is 0.154 e. The van der Waals surface area contributed by atoms with E-state index in [0.717, 1.165) is 36.3 Å². The number of carbonyl (C=O) groups is 1. The van der Waals surface area contributed by atoms with Crippen molar-refractivity contribution in [3.63, 3.8) is 0 Å². The summed E-state index contributed by atoms with van der Waals surface area (Å²) in [5, 5.41) is 3.21. The molecule has 0 atom stereocenters. The maximum atomic E-state index is 11.1. The van der Waals surface area contributed by atoms with Gasteiger partial charge in [0.1, 0.15) is 0 Å². The number of nitrogens with one attached hydrogen (secondary N) is 1. The first-order valence-electron chi connectivity index (χ1n) is 11.1. The lowest BCUT2D eigenvalue weighted by molar-refractivity contribution is -0.112. The summed E-state index contributed by atoms with van der Waals surface area (Å²) in [5.41, 5.74) is 12.3. The first-order chi connectivity index (χ1) is 15.2. The molecule has 0 saturated carbocycles. The molecule has 32 heavy (non-hydrogen) atoms. The van der Waals surface area contributed by atoms with E-state index in [2.05, 4.69) is 69.8 Å². The zero-order valence-electron chi connectivity index (χ0n) is 20.9. The van der Waals surface area contributed by atoms with Crippen LogP contribution in [0.2, 0.25) is 0 Å². The number of aryl methyl sites for hydroxylation is 2. The first kappa shape index (κ1) is 30.9. The van der Waals surface area contributed by atoms with Gasteiger partial charge in [-0.15, -0.1) is 12.8 Å². The van der Waals surface area contributed by atoms with Crippen molar-refractivity contribution in [2.45, 2.75) is 60.8 Å². The number of nitrogen functional groups attached to an aromatic ring is 1. The van der Waals surface area contributed by atoms with Gasteiger partial charge in [-0.3, -0.25) is 4.79 Å². The topological polar surface area (TPSA) is 55.1 Å². The number of ketones is 1. The molecule has 0 aliphatic rings. The van der Waals surface area contributed by atoms with Gasteiger partial charge in [0.2, 0.25) is 0 Å². The summed E-state index contributed by atoms with van der Waals surface area (Å²) in [6.07, 6.45) is 12.7. The molecule has 0 heterocycles. The lowest BCUT2D eigenvalue weighted by Crippen LogP contribution is -2.14. The third kappa shape index (κ3) is 16.5. The second kappa shape index (κ2) is 19.7. The lowest BCUT2D eigenvalue weighted by Gasteiger charge is -2.08. The molecule has 0 amide bonds. The minimum absolute atomic E-state index is 0.0817. The zero-order valence-corrected chi connectivity index (χ0v) is 20.9. The summed E-state index contributed by atoms with van der Waals surface area (Å²) in [6, 6.07) is 16.2. The second-order valence-corrected chi connectivity index (χ2v) is 7.41. The normalized spacial score (nSPS) is 9.56. The van der Waals surface area contributed by atoms with Gasteiger partial charge in [0.05, 0.1) is 0 Å². The average molecular weight is 435 g/mol. The molecule has 0 aliphatic carbocycles. The highest BCUT2D eigenvalue weighted by Crippen LogP contribution is 2.11. The number of anilines is 1. The third-order valence-electron chi connectivity index (χ3n) is 3.99. The molecule has 0 aromatic heterocycles. The molecule has 0 spiro atoms. The molecule has 3 heteroatoms. The summed E-state index contributed by atoms with van der Waals surface area (Å²) >= 11 is 0. The molecule has 2 rings (SSSR count). The molecular formula is C29H42N2O. The van der Waals surface area contributed by atoms with Gasteiger partial charge in [0, 0.05) is 17.9 Å². The van der Waals surface area contributed by atoms with E-state index in [-0.39, 0.29) is 5.78 Å². The summed E-state index contributed by atoms with van der Waals surface area (Å²) in [7, 11) is 0. The Morgan fingerprint density at radius 3 is 1.91 bits per heavy atom. The van der Waals surface area contributed by atoms with Crippen molar-refractivity contribution in [1.29, 1.82) is 0 Å². The van der Waals surface area contributed by atoms with E-state index >= 15 is 0 Å². The van der Waals surface area contributed by atoms with E-state index in [4.69, 9.17) is 5.73 Å². The fourth-order valence-corrected chi connectivity index (χ4v) is 2.49. The van der Waals surface area contributed by atoms with Gasteiger partial charge in [-0.1, -0.05) is 74.4 Å².